The topological polar surface area (TPSA) is 45.2 Å². The summed E-state index contributed by atoms with van der Waals surface area (Å²) >= 11 is 8.11. The Morgan fingerprint density at radius 3 is 2.78 bits per heavy atom. The minimum atomic E-state index is -0.179. The minimum absolute atomic E-state index is 0.179. The SMILES string of the molecule is O=C(Nc1cccc(CN2CCSCC2)c1)c1cc(Cl)nc2ccccc12. The first-order chi connectivity index (χ1) is 13.2. The highest BCUT2D eigenvalue weighted by atomic mass is 35.5. The van der Waals surface area contributed by atoms with Crippen molar-refractivity contribution in [1.82, 2.24) is 9.88 Å². The Bertz CT molecular complexity index is 973. The van der Waals surface area contributed by atoms with E-state index >= 15 is 0 Å². The van der Waals surface area contributed by atoms with Crippen LogP contribution in [0, 0.1) is 0 Å². The van der Waals surface area contributed by atoms with Gasteiger partial charge in [-0.15, -0.1) is 0 Å². The van der Waals surface area contributed by atoms with E-state index in [2.05, 4.69) is 21.3 Å². The molecule has 4 nitrogen and oxygen atoms in total. The van der Waals surface area contributed by atoms with Crippen LogP contribution in [-0.4, -0.2) is 40.4 Å². The van der Waals surface area contributed by atoms with Crippen molar-refractivity contribution < 1.29 is 4.79 Å². The molecule has 0 bridgehead atoms. The van der Waals surface area contributed by atoms with Gasteiger partial charge in [-0.3, -0.25) is 9.69 Å². The van der Waals surface area contributed by atoms with Crippen LogP contribution in [-0.2, 0) is 6.54 Å². The van der Waals surface area contributed by atoms with Gasteiger partial charge in [0.05, 0.1) is 11.1 Å². The summed E-state index contributed by atoms with van der Waals surface area (Å²) in [6.07, 6.45) is 0. The Morgan fingerprint density at radius 1 is 1.11 bits per heavy atom. The summed E-state index contributed by atoms with van der Waals surface area (Å²) in [4.78, 5) is 19.6. The van der Waals surface area contributed by atoms with Crippen molar-refractivity contribution in [2.24, 2.45) is 0 Å². The van der Waals surface area contributed by atoms with Gasteiger partial charge in [-0.2, -0.15) is 11.8 Å². The summed E-state index contributed by atoms with van der Waals surface area (Å²) in [5, 5.41) is 4.12. The first-order valence-corrected chi connectivity index (χ1v) is 10.5. The number of nitrogens with zero attached hydrogens (tertiary/aromatic N) is 2. The highest BCUT2D eigenvalue weighted by Crippen LogP contribution is 2.23. The Balaban J connectivity index is 1.54. The molecule has 0 saturated carbocycles. The van der Waals surface area contributed by atoms with E-state index in [0.717, 1.165) is 30.7 Å². The molecular formula is C21H20ClN3OS. The zero-order valence-corrected chi connectivity index (χ0v) is 16.4. The molecule has 2 aromatic carbocycles. The molecule has 27 heavy (non-hydrogen) atoms. The van der Waals surface area contributed by atoms with E-state index in [9.17, 15) is 4.79 Å². The highest BCUT2D eigenvalue weighted by Gasteiger charge is 2.14. The number of para-hydroxylation sites is 1. The highest BCUT2D eigenvalue weighted by molar-refractivity contribution is 7.99. The molecule has 4 rings (SSSR count). The summed E-state index contributed by atoms with van der Waals surface area (Å²) in [7, 11) is 0. The molecule has 1 aromatic heterocycles. The number of carbonyl (C=O) groups is 1. The predicted octanol–water partition coefficient (Wildman–Crippen LogP) is 4.69. The maximum atomic E-state index is 12.9. The number of thioether (sulfide) groups is 1. The van der Waals surface area contributed by atoms with Crippen LogP contribution in [0.1, 0.15) is 15.9 Å². The van der Waals surface area contributed by atoms with Gasteiger partial charge < -0.3 is 5.32 Å². The lowest BCUT2D eigenvalue weighted by Gasteiger charge is -2.26. The fourth-order valence-electron chi connectivity index (χ4n) is 3.29. The lowest BCUT2D eigenvalue weighted by atomic mass is 10.1. The third-order valence-electron chi connectivity index (χ3n) is 4.62. The molecule has 0 spiro atoms. The van der Waals surface area contributed by atoms with Crippen LogP contribution in [0.25, 0.3) is 10.9 Å². The van der Waals surface area contributed by atoms with Gasteiger partial charge in [0.25, 0.3) is 5.91 Å². The Morgan fingerprint density at radius 2 is 1.93 bits per heavy atom. The van der Waals surface area contributed by atoms with Gasteiger partial charge in [-0.05, 0) is 29.8 Å². The van der Waals surface area contributed by atoms with E-state index in [-0.39, 0.29) is 5.91 Å². The fourth-order valence-corrected chi connectivity index (χ4v) is 4.47. The number of fused-ring (bicyclic) bond motifs is 1. The van der Waals surface area contributed by atoms with E-state index in [1.165, 1.54) is 17.1 Å². The molecule has 0 atom stereocenters. The van der Waals surface area contributed by atoms with Gasteiger partial charge in [0.1, 0.15) is 5.15 Å². The Labute approximate surface area is 167 Å². The van der Waals surface area contributed by atoms with Crippen LogP contribution in [0.3, 0.4) is 0 Å². The number of halogens is 1. The third kappa shape index (κ3) is 4.43. The molecule has 1 N–H and O–H groups in total. The van der Waals surface area contributed by atoms with Gasteiger partial charge >= 0.3 is 0 Å². The molecule has 1 amide bonds. The Hall–Kier alpha value is -2.08. The van der Waals surface area contributed by atoms with Gasteiger partial charge in [0, 0.05) is 42.2 Å². The van der Waals surface area contributed by atoms with Crippen LogP contribution in [0.4, 0.5) is 5.69 Å². The molecule has 0 unspecified atom stereocenters. The summed E-state index contributed by atoms with van der Waals surface area (Å²) in [5.74, 6) is 2.19. The fraction of sp³-hybridized carbons (Fsp3) is 0.238. The van der Waals surface area contributed by atoms with Crippen LogP contribution < -0.4 is 5.32 Å². The summed E-state index contributed by atoms with van der Waals surface area (Å²) < 4.78 is 0. The number of nitrogens with one attached hydrogen (secondary N) is 1. The molecule has 2 heterocycles. The van der Waals surface area contributed by atoms with Crippen LogP contribution in [0.5, 0.6) is 0 Å². The Kier molecular flexibility index (Phi) is 5.62. The van der Waals surface area contributed by atoms with E-state index < -0.39 is 0 Å². The predicted molar refractivity (Wildman–Crippen MR) is 114 cm³/mol. The minimum Gasteiger partial charge on any atom is -0.322 e. The van der Waals surface area contributed by atoms with Crippen molar-refractivity contribution in [2.75, 3.05) is 29.9 Å². The van der Waals surface area contributed by atoms with Crippen molar-refractivity contribution in [3.8, 4) is 0 Å². The second kappa shape index (κ2) is 8.30. The van der Waals surface area contributed by atoms with Gasteiger partial charge in [0.2, 0.25) is 0 Å². The molecule has 1 fully saturated rings. The number of benzene rings is 2. The average Bonchev–Trinajstić information content (AvgIpc) is 2.68. The zero-order valence-electron chi connectivity index (χ0n) is 14.8. The normalized spacial score (nSPS) is 15.0. The largest absolute Gasteiger partial charge is 0.322 e. The molecule has 0 radical (unpaired) electrons. The van der Waals surface area contributed by atoms with Gasteiger partial charge in [0.15, 0.2) is 0 Å². The van der Waals surface area contributed by atoms with Gasteiger partial charge in [-0.25, -0.2) is 4.98 Å². The standard InChI is InChI=1S/C21H20ClN3OS/c22-20-13-18(17-6-1-2-7-19(17)24-20)21(26)23-16-5-3-4-15(12-16)14-25-8-10-27-11-9-25/h1-7,12-13H,8-11,14H2,(H,23,26). The lowest BCUT2D eigenvalue weighted by molar-refractivity contribution is 0.102. The summed E-state index contributed by atoms with van der Waals surface area (Å²) in [6.45, 7) is 3.14. The van der Waals surface area contributed by atoms with Crippen LogP contribution in [0.2, 0.25) is 5.15 Å². The van der Waals surface area contributed by atoms with E-state index in [0.29, 0.717) is 16.2 Å². The number of hydrogen-bond donors (Lipinski definition) is 1. The van der Waals surface area contributed by atoms with Crippen molar-refractivity contribution >= 4 is 45.9 Å². The maximum absolute atomic E-state index is 12.9. The number of aromatic nitrogens is 1. The number of amides is 1. The first kappa shape index (κ1) is 18.3. The molecule has 1 aliphatic rings. The van der Waals surface area contributed by atoms with Gasteiger partial charge in [-0.1, -0.05) is 41.9 Å². The zero-order chi connectivity index (χ0) is 18.6. The third-order valence-corrected chi connectivity index (χ3v) is 5.76. The van der Waals surface area contributed by atoms with Crippen LogP contribution >= 0.6 is 23.4 Å². The van der Waals surface area contributed by atoms with Crippen LogP contribution in [0.15, 0.2) is 54.6 Å². The molecular weight excluding hydrogens is 378 g/mol. The summed E-state index contributed by atoms with van der Waals surface area (Å²) in [6, 6.07) is 17.2. The molecule has 6 heteroatoms. The molecule has 1 saturated heterocycles. The van der Waals surface area contributed by atoms with E-state index in [1.54, 1.807) is 6.07 Å². The summed E-state index contributed by atoms with van der Waals surface area (Å²) in [5.41, 5.74) is 3.24. The first-order valence-electron chi connectivity index (χ1n) is 8.95. The number of hydrogen-bond acceptors (Lipinski definition) is 4. The average molecular weight is 398 g/mol. The van der Waals surface area contributed by atoms with E-state index in [1.807, 2.05) is 54.2 Å². The smallest absolute Gasteiger partial charge is 0.256 e. The molecule has 0 aliphatic carbocycles. The number of carbonyl (C=O) groups excluding carboxylic acids is 1. The maximum Gasteiger partial charge on any atom is 0.256 e. The number of rotatable bonds is 4. The van der Waals surface area contributed by atoms with Crippen molar-refractivity contribution in [3.63, 3.8) is 0 Å². The molecule has 138 valence electrons. The second-order valence-corrected chi connectivity index (χ2v) is 8.16. The van der Waals surface area contributed by atoms with Crippen molar-refractivity contribution in [2.45, 2.75) is 6.54 Å². The molecule has 3 aromatic rings. The molecule has 1 aliphatic heterocycles. The second-order valence-electron chi connectivity index (χ2n) is 6.55. The number of pyridine rings is 1. The lowest BCUT2D eigenvalue weighted by Crippen LogP contribution is -2.31. The van der Waals surface area contributed by atoms with Crippen molar-refractivity contribution in [1.29, 1.82) is 0 Å². The number of anilines is 1. The van der Waals surface area contributed by atoms with E-state index in [4.69, 9.17) is 11.6 Å². The quantitative estimate of drug-likeness (QED) is 0.649. The monoisotopic (exact) mass is 397 g/mol. The van der Waals surface area contributed by atoms with Crippen molar-refractivity contribution in [3.05, 3.63) is 70.9 Å².